The van der Waals surface area contributed by atoms with Gasteiger partial charge in [-0.25, -0.2) is 0 Å². The highest BCUT2D eigenvalue weighted by Gasteiger charge is 2.35. The van der Waals surface area contributed by atoms with Gasteiger partial charge in [-0.15, -0.1) is 0 Å². The lowest BCUT2D eigenvalue weighted by Gasteiger charge is -2.34. The Morgan fingerprint density at radius 2 is 1.72 bits per heavy atom. The van der Waals surface area contributed by atoms with Crippen LogP contribution in [-0.2, 0) is 0 Å². The van der Waals surface area contributed by atoms with Gasteiger partial charge in [-0.2, -0.15) is 0 Å². The molecule has 3 N–H and O–H groups in total. The van der Waals surface area contributed by atoms with Gasteiger partial charge >= 0.3 is 0 Å². The van der Waals surface area contributed by atoms with Crippen LogP contribution in [0.3, 0.4) is 0 Å². The SMILES string of the molecule is COc1cc(I)cc(C(C2C=CC(C3C=CC(O)=CC3)=C2)C2C=C(C3=CCC(O)C=C3)C=CC2O)c1. The van der Waals surface area contributed by atoms with Gasteiger partial charge in [0.25, 0.3) is 0 Å². The highest BCUT2D eigenvalue weighted by molar-refractivity contribution is 14.1. The Hall–Kier alpha value is -2.61. The van der Waals surface area contributed by atoms with Gasteiger partial charge in [0.15, 0.2) is 0 Å². The molecule has 1 aromatic rings. The van der Waals surface area contributed by atoms with Gasteiger partial charge in [0.1, 0.15) is 11.5 Å². The first-order valence-electron chi connectivity index (χ1n) is 12.4. The Bertz CT molecular complexity index is 1260. The van der Waals surface area contributed by atoms with E-state index in [9.17, 15) is 15.3 Å². The van der Waals surface area contributed by atoms with Crippen LogP contribution in [0.1, 0.15) is 24.3 Å². The Morgan fingerprint density at radius 1 is 0.889 bits per heavy atom. The van der Waals surface area contributed by atoms with Crippen molar-refractivity contribution in [1.29, 1.82) is 0 Å². The summed E-state index contributed by atoms with van der Waals surface area (Å²) >= 11 is 2.32. The van der Waals surface area contributed by atoms with Crippen LogP contribution in [0, 0.1) is 21.3 Å². The number of benzene rings is 1. The van der Waals surface area contributed by atoms with Crippen molar-refractivity contribution in [2.45, 2.75) is 31.0 Å². The van der Waals surface area contributed by atoms with Crippen molar-refractivity contribution in [3.8, 4) is 5.75 Å². The number of aliphatic hydroxyl groups excluding tert-OH is 3. The molecule has 0 radical (unpaired) electrons. The lowest BCUT2D eigenvalue weighted by Crippen LogP contribution is -2.29. The molecule has 0 heterocycles. The summed E-state index contributed by atoms with van der Waals surface area (Å²) < 4.78 is 6.69. The van der Waals surface area contributed by atoms with Crippen LogP contribution < -0.4 is 4.74 Å². The van der Waals surface area contributed by atoms with Crippen LogP contribution in [0.15, 0.2) is 114 Å². The zero-order chi connectivity index (χ0) is 25.2. The fourth-order valence-electron chi connectivity index (χ4n) is 5.50. The predicted octanol–water partition coefficient (Wildman–Crippen LogP) is 6.23. The minimum absolute atomic E-state index is 0.00686. The number of allylic oxidation sites excluding steroid dienone is 11. The second-order valence-corrected chi connectivity index (χ2v) is 11.0. The summed E-state index contributed by atoms with van der Waals surface area (Å²) in [6.07, 6.45) is 24.7. The monoisotopic (exact) mass is 594 g/mol. The minimum Gasteiger partial charge on any atom is -0.508 e. The maximum atomic E-state index is 11.2. The topological polar surface area (TPSA) is 69.9 Å². The van der Waals surface area contributed by atoms with Crippen molar-refractivity contribution >= 4 is 22.6 Å². The largest absolute Gasteiger partial charge is 0.508 e. The van der Waals surface area contributed by atoms with Crippen LogP contribution in [0.25, 0.3) is 0 Å². The van der Waals surface area contributed by atoms with Gasteiger partial charge < -0.3 is 20.1 Å². The van der Waals surface area contributed by atoms with Crippen molar-refractivity contribution in [3.05, 3.63) is 123 Å². The molecular weight excluding hydrogens is 563 g/mol. The van der Waals surface area contributed by atoms with E-state index in [-0.39, 0.29) is 23.7 Å². The second kappa shape index (κ2) is 10.8. The molecule has 1 aromatic carbocycles. The van der Waals surface area contributed by atoms with Gasteiger partial charge in [-0.3, -0.25) is 0 Å². The maximum Gasteiger partial charge on any atom is 0.120 e. The lowest BCUT2D eigenvalue weighted by atomic mass is 9.72. The van der Waals surface area contributed by atoms with Gasteiger partial charge in [0.2, 0.25) is 0 Å². The summed E-state index contributed by atoms with van der Waals surface area (Å²) in [4.78, 5) is 0. The van der Waals surface area contributed by atoms with E-state index in [0.29, 0.717) is 12.2 Å². The summed E-state index contributed by atoms with van der Waals surface area (Å²) in [5, 5.41) is 30.8. The number of ether oxygens (including phenoxy) is 1. The Balaban J connectivity index is 1.53. The first-order chi connectivity index (χ1) is 17.4. The molecule has 4 aliphatic rings. The maximum absolute atomic E-state index is 11.2. The van der Waals surface area contributed by atoms with Crippen molar-refractivity contribution in [2.24, 2.45) is 17.8 Å². The summed E-state index contributed by atoms with van der Waals surface area (Å²) in [6.45, 7) is 0. The fourth-order valence-corrected chi connectivity index (χ4v) is 6.17. The number of hydrogen-bond donors (Lipinski definition) is 3. The molecule has 0 saturated carbocycles. The van der Waals surface area contributed by atoms with Crippen LogP contribution in [0.2, 0.25) is 0 Å². The standard InChI is InChI=1S/C31H31IO4/c1-36-28-16-24(15-25(32)18-28)31(23-3-2-21(14-23)19-4-9-26(33)10-5-19)29-17-22(8-13-30(29)35)20-6-11-27(34)12-7-20/h2-4,6-11,13-19,23,27,29-31,33-35H,5,12H2,1H3. The highest BCUT2D eigenvalue weighted by Crippen LogP contribution is 2.45. The molecule has 4 nitrogen and oxygen atoms in total. The number of rotatable bonds is 6. The predicted molar refractivity (Wildman–Crippen MR) is 152 cm³/mol. The molecular formula is C31H31IO4. The van der Waals surface area contributed by atoms with Crippen LogP contribution in [-0.4, -0.2) is 34.6 Å². The van der Waals surface area contributed by atoms with Gasteiger partial charge in [-0.1, -0.05) is 60.8 Å². The third-order valence-electron chi connectivity index (χ3n) is 7.40. The quantitative estimate of drug-likeness (QED) is 0.342. The number of aliphatic hydroxyl groups is 3. The molecule has 4 aliphatic carbocycles. The van der Waals surface area contributed by atoms with Crippen LogP contribution in [0.4, 0.5) is 0 Å². The Labute approximate surface area is 226 Å². The van der Waals surface area contributed by atoms with Crippen LogP contribution in [0.5, 0.6) is 5.75 Å². The molecule has 6 unspecified atom stereocenters. The van der Waals surface area contributed by atoms with E-state index >= 15 is 0 Å². The van der Waals surface area contributed by atoms with Crippen molar-refractivity contribution < 1.29 is 20.1 Å². The number of methoxy groups -OCH3 is 1. The molecule has 36 heavy (non-hydrogen) atoms. The van der Waals surface area contributed by atoms with Crippen molar-refractivity contribution in [1.82, 2.24) is 0 Å². The van der Waals surface area contributed by atoms with E-state index < -0.39 is 12.2 Å². The van der Waals surface area contributed by atoms with Gasteiger partial charge in [0.05, 0.1) is 19.3 Å². The normalized spacial score (nSPS) is 29.9. The van der Waals surface area contributed by atoms with E-state index in [1.165, 1.54) is 5.57 Å². The number of halogens is 1. The third kappa shape index (κ3) is 5.38. The Kier molecular flexibility index (Phi) is 7.51. The van der Waals surface area contributed by atoms with Gasteiger partial charge in [0, 0.05) is 27.2 Å². The zero-order valence-corrected chi connectivity index (χ0v) is 22.3. The second-order valence-electron chi connectivity index (χ2n) is 9.75. The molecule has 0 amide bonds. The summed E-state index contributed by atoms with van der Waals surface area (Å²) in [5.74, 6) is 1.30. The molecule has 0 spiro atoms. The summed E-state index contributed by atoms with van der Waals surface area (Å²) in [5.41, 5.74) is 4.50. The van der Waals surface area contributed by atoms with E-state index in [4.69, 9.17) is 4.74 Å². The molecule has 186 valence electrons. The minimum atomic E-state index is -0.623. The molecule has 0 saturated heterocycles. The average Bonchev–Trinajstić information content (AvgIpc) is 3.35. The smallest absolute Gasteiger partial charge is 0.120 e. The highest BCUT2D eigenvalue weighted by atomic mass is 127. The van der Waals surface area contributed by atoms with E-state index in [1.54, 1.807) is 13.2 Å². The first-order valence-corrected chi connectivity index (χ1v) is 13.5. The van der Waals surface area contributed by atoms with E-state index in [2.05, 4.69) is 71.2 Å². The molecule has 0 aliphatic heterocycles. The molecule has 5 heteroatoms. The lowest BCUT2D eigenvalue weighted by molar-refractivity contribution is 0.152. The summed E-state index contributed by atoms with van der Waals surface area (Å²) in [7, 11) is 1.68. The van der Waals surface area contributed by atoms with Gasteiger partial charge in [-0.05, 0) is 88.1 Å². The van der Waals surface area contributed by atoms with Crippen molar-refractivity contribution in [2.75, 3.05) is 7.11 Å². The van der Waals surface area contributed by atoms with E-state index in [0.717, 1.165) is 32.5 Å². The summed E-state index contributed by atoms with van der Waals surface area (Å²) in [6, 6.07) is 6.28. The molecule has 6 atom stereocenters. The van der Waals surface area contributed by atoms with Crippen LogP contribution >= 0.6 is 22.6 Å². The molecule has 0 bridgehead atoms. The average molecular weight is 594 g/mol. The Morgan fingerprint density at radius 3 is 2.44 bits per heavy atom. The zero-order valence-electron chi connectivity index (χ0n) is 20.2. The first kappa shape index (κ1) is 25.1. The van der Waals surface area contributed by atoms with Crippen molar-refractivity contribution in [3.63, 3.8) is 0 Å². The third-order valence-corrected chi connectivity index (χ3v) is 8.02. The molecule has 0 fully saturated rings. The molecule has 0 aromatic heterocycles. The molecule has 5 rings (SSSR count). The van der Waals surface area contributed by atoms with E-state index in [1.807, 2.05) is 36.4 Å². The fraction of sp³-hybridized carbons (Fsp3) is 0.290. The number of hydrogen-bond acceptors (Lipinski definition) is 4.